The maximum absolute atomic E-state index is 12.8. The van der Waals surface area contributed by atoms with Crippen LogP contribution in [0.2, 0.25) is 0 Å². The molecule has 3 aromatic heterocycles. The molecule has 0 saturated carbocycles. The summed E-state index contributed by atoms with van der Waals surface area (Å²) in [5, 5.41) is 17.8. The van der Waals surface area contributed by atoms with Gasteiger partial charge in [0.25, 0.3) is 0 Å². The van der Waals surface area contributed by atoms with Crippen molar-refractivity contribution >= 4 is 28.8 Å². The zero-order valence-electron chi connectivity index (χ0n) is 21.8. The average molecular weight is 506 g/mol. The molecule has 4 rings (SSSR count). The summed E-state index contributed by atoms with van der Waals surface area (Å²) in [6.07, 6.45) is 3.54. The number of ether oxygens (including phenoxy) is 2. The van der Waals surface area contributed by atoms with E-state index in [1.54, 1.807) is 31.2 Å². The topological polar surface area (TPSA) is 141 Å². The van der Waals surface area contributed by atoms with Gasteiger partial charge in [0.2, 0.25) is 5.95 Å². The number of hydrogen-bond donors (Lipinski definition) is 3. The van der Waals surface area contributed by atoms with Crippen molar-refractivity contribution in [2.75, 3.05) is 24.9 Å². The van der Waals surface area contributed by atoms with Gasteiger partial charge in [-0.2, -0.15) is 4.98 Å². The summed E-state index contributed by atoms with van der Waals surface area (Å²) in [6, 6.07) is 6.95. The van der Waals surface area contributed by atoms with Crippen LogP contribution in [-0.2, 0) is 13.1 Å². The fraction of sp³-hybridized carbons (Fsp3) is 0.360. The Morgan fingerprint density at radius 3 is 2.41 bits per heavy atom. The van der Waals surface area contributed by atoms with Gasteiger partial charge >= 0.3 is 6.03 Å². The zero-order valence-corrected chi connectivity index (χ0v) is 21.8. The Labute approximate surface area is 214 Å². The van der Waals surface area contributed by atoms with Gasteiger partial charge in [-0.3, -0.25) is 10.00 Å². The maximum Gasteiger partial charge on any atom is 0.320 e. The van der Waals surface area contributed by atoms with Gasteiger partial charge < -0.3 is 20.1 Å². The van der Waals surface area contributed by atoms with Crippen LogP contribution in [0, 0.1) is 0 Å². The molecule has 0 radical (unpaired) electrons. The van der Waals surface area contributed by atoms with Crippen molar-refractivity contribution in [1.82, 2.24) is 35.3 Å². The molecule has 0 aliphatic rings. The number of aromatic nitrogens is 6. The normalized spacial score (nSPS) is 11.3. The number of aryl methyl sites for hydroxylation is 1. The Kier molecular flexibility index (Phi) is 7.37. The Morgan fingerprint density at radius 2 is 1.78 bits per heavy atom. The molecule has 0 unspecified atom stereocenters. The third kappa shape index (κ3) is 6.40. The number of amides is 2. The highest BCUT2D eigenvalue weighted by Crippen LogP contribution is 2.35. The molecule has 37 heavy (non-hydrogen) atoms. The molecule has 0 aliphatic heterocycles. The van der Waals surface area contributed by atoms with Crippen LogP contribution in [0.4, 0.5) is 16.6 Å². The van der Waals surface area contributed by atoms with Gasteiger partial charge in [0.15, 0.2) is 5.65 Å². The van der Waals surface area contributed by atoms with Crippen molar-refractivity contribution < 1.29 is 14.3 Å². The fourth-order valence-corrected chi connectivity index (χ4v) is 3.55. The number of urea groups is 1. The van der Waals surface area contributed by atoms with Crippen LogP contribution in [-0.4, -0.2) is 55.7 Å². The lowest BCUT2D eigenvalue weighted by Crippen LogP contribution is -2.43. The number of nitrogens with zero attached hydrogens (tertiary/aromatic N) is 6. The van der Waals surface area contributed by atoms with E-state index in [4.69, 9.17) is 9.47 Å². The molecular formula is C25H31N9O3. The smallest absolute Gasteiger partial charge is 0.320 e. The second-order valence-corrected chi connectivity index (χ2v) is 9.34. The first-order valence-corrected chi connectivity index (χ1v) is 11.8. The molecule has 3 heterocycles. The molecule has 12 heteroatoms. The quantitative estimate of drug-likeness (QED) is 0.325. The van der Waals surface area contributed by atoms with Gasteiger partial charge in [-0.1, -0.05) is 5.21 Å². The fourth-order valence-electron chi connectivity index (χ4n) is 3.55. The van der Waals surface area contributed by atoms with Gasteiger partial charge in [0.05, 0.1) is 27.0 Å². The lowest BCUT2D eigenvalue weighted by atomic mass is 10.0. The van der Waals surface area contributed by atoms with E-state index in [1.807, 2.05) is 52.1 Å². The summed E-state index contributed by atoms with van der Waals surface area (Å²) in [5.74, 6) is 1.93. The minimum absolute atomic E-state index is 0.333. The number of benzene rings is 1. The van der Waals surface area contributed by atoms with Crippen LogP contribution in [0.1, 0.15) is 33.4 Å². The van der Waals surface area contributed by atoms with Crippen LogP contribution >= 0.6 is 0 Å². The number of methoxy groups -OCH3 is 2. The Morgan fingerprint density at radius 1 is 1.05 bits per heavy atom. The lowest BCUT2D eigenvalue weighted by molar-refractivity contribution is 0.243. The number of hydrogen-bond acceptors (Lipinski definition) is 9. The molecule has 3 N–H and O–H groups in total. The molecule has 1 aromatic carbocycles. The summed E-state index contributed by atoms with van der Waals surface area (Å²) < 4.78 is 12.6. The van der Waals surface area contributed by atoms with Crippen molar-refractivity contribution in [2.45, 2.75) is 46.3 Å². The van der Waals surface area contributed by atoms with Gasteiger partial charge in [-0.05, 0) is 51.5 Å². The molecule has 0 bridgehead atoms. The summed E-state index contributed by atoms with van der Waals surface area (Å²) in [7, 11) is 3.16. The second kappa shape index (κ2) is 10.6. The summed E-state index contributed by atoms with van der Waals surface area (Å²) in [5.41, 5.74) is 2.16. The monoisotopic (exact) mass is 505 g/mol. The van der Waals surface area contributed by atoms with Crippen molar-refractivity contribution in [3.05, 3.63) is 42.4 Å². The predicted molar refractivity (Wildman–Crippen MR) is 141 cm³/mol. The summed E-state index contributed by atoms with van der Waals surface area (Å²) in [6.45, 7) is 8.85. The van der Waals surface area contributed by atoms with Crippen LogP contribution in [0.15, 0.2) is 36.7 Å². The van der Waals surface area contributed by atoms with E-state index in [0.717, 1.165) is 17.8 Å². The van der Waals surface area contributed by atoms with E-state index in [0.29, 0.717) is 46.4 Å². The van der Waals surface area contributed by atoms with Crippen molar-refractivity contribution in [1.29, 1.82) is 0 Å². The highest BCUT2D eigenvalue weighted by molar-refractivity contribution is 5.96. The first kappa shape index (κ1) is 25.6. The van der Waals surface area contributed by atoms with Crippen LogP contribution in [0.3, 0.4) is 0 Å². The Balaban J connectivity index is 1.72. The van der Waals surface area contributed by atoms with Crippen LogP contribution < -0.4 is 25.4 Å². The molecule has 2 amide bonds. The molecule has 194 valence electrons. The number of nitrogens with one attached hydrogen (secondary N) is 3. The van der Waals surface area contributed by atoms with Crippen LogP contribution in [0.5, 0.6) is 11.5 Å². The van der Waals surface area contributed by atoms with Crippen molar-refractivity contribution in [2.24, 2.45) is 0 Å². The van der Waals surface area contributed by atoms with E-state index in [1.165, 1.54) is 0 Å². The zero-order chi connectivity index (χ0) is 26.6. The van der Waals surface area contributed by atoms with Crippen LogP contribution in [0.25, 0.3) is 22.2 Å². The molecule has 0 fully saturated rings. The van der Waals surface area contributed by atoms with Gasteiger partial charge in [0, 0.05) is 35.3 Å². The minimum Gasteiger partial charge on any atom is -0.497 e. The number of pyridine rings is 1. The largest absolute Gasteiger partial charge is 0.497 e. The Hall–Kier alpha value is -4.48. The average Bonchev–Trinajstić information content (AvgIpc) is 3.33. The maximum atomic E-state index is 12.8. The summed E-state index contributed by atoms with van der Waals surface area (Å²) in [4.78, 5) is 26.4. The molecule has 12 nitrogen and oxygen atoms in total. The molecule has 0 spiro atoms. The number of rotatable bonds is 8. The van der Waals surface area contributed by atoms with E-state index >= 15 is 0 Å². The first-order valence-electron chi connectivity index (χ1n) is 11.8. The van der Waals surface area contributed by atoms with Gasteiger partial charge in [-0.25, -0.2) is 14.8 Å². The third-order valence-electron chi connectivity index (χ3n) is 5.29. The van der Waals surface area contributed by atoms with E-state index in [-0.39, 0.29) is 6.03 Å². The number of carbonyl (C=O) groups excluding carboxylic acids is 1. The molecule has 0 saturated heterocycles. The lowest BCUT2D eigenvalue weighted by Gasteiger charge is -2.21. The van der Waals surface area contributed by atoms with Gasteiger partial charge in [-0.15, -0.1) is 5.10 Å². The van der Waals surface area contributed by atoms with Gasteiger partial charge in [0.1, 0.15) is 23.0 Å². The van der Waals surface area contributed by atoms with E-state index < -0.39 is 5.54 Å². The van der Waals surface area contributed by atoms with E-state index in [9.17, 15) is 4.79 Å². The van der Waals surface area contributed by atoms with Crippen molar-refractivity contribution in [3.63, 3.8) is 0 Å². The molecule has 0 atom stereocenters. The highest BCUT2D eigenvalue weighted by atomic mass is 16.5. The minimum atomic E-state index is -0.431. The molecular weight excluding hydrogens is 474 g/mol. The standard InChI is InChI=1S/C25H31N9O3/c1-7-34-14-17(32-33-34)13-27-23-26-12-16-10-20(15-8-18(36-5)11-19(9-15)37-6)22(28-21(16)29-23)30-24(35)31-25(2,3)4/h8-12,14H,7,13H2,1-6H3,(H3,26,27,28,29,30,31,35). The second-order valence-electron chi connectivity index (χ2n) is 9.34. The SMILES string of the molecule is CCn1cc(CNc2ncc3cc(-c4cc(OC)cc(OC)c4)c(NC(=O)NC(C)(C)C)nc3n2)nn1. The molecule has 0 aliphatic carbocycles. The number of anilines is 2. The highest BCUT2D eigenvalue weighted by Gasteiger charge is 2.18. The van der Waals surface area contributed by atoms with Crippen molar-refractivity contribution in [3.8, 4) is 22.6 Å². The Bertz CT molecular complexity index is 1390. The number of carbonyl (C=O) groups is 1. The van der Waals surface area contributed by atoms with E-state index in [2.05, 4.69) is 41.2 Å². The summed E-state index contributed by atoms with van der Waals surface area (Å²) >= 11 is 0. The third-order valence-corrected chi connectivity index (χ3v) is 5.29. The number of fused-ring (bicyclic) bond motifs is 1. The predicted octanol–water partition coefficient (Wildman–Crippen LogP) is 3.85. The first-order chi connectivity index (χ1) is 17.7. The molecule has 4 aromatic rings.